The third-order valence-corrected chi connectivity index (χ3v) is 4.07. The number of hydrogen-bond acceptors (Lipinski definition) is 4. The molecule has 0 aliphatic carbocycles. The van der Waals surface area contributed by atoms with Crippen LogP contribution in [0.2, 0.25) is 5.02 Å². The average Bonchev–Trinajstić information content (AvgIpc) is 2.72. The molecule has 2 aromatic rings. The summed E-state index contributed by atoms with van der Waals surface area (Å²) in [6.07, 6.45) is 0. The Labute approximate surface area is 116 Å². The molecule has 1 unspecified atom stereocenters. The third-order valence-electron chi connectivity index (χ3n) is 2.64. The Morgan fingerprint density at radius 2 is 2.17 bits per heavy atom. The predicted molar refractivity (Wildman–Crippen MR) is 78.9 cm³/mol. The van der Waals surface area contributed by atoms with Gasteiger partial charge in [0.15, 0.2) is 0 Å². The highest BCUT2D eigenvalue weighted by Gasteiger charge is 2.15. The first-order valence-corrected chi connectivity index (χ1v) is 7.29. The molecule has 0 saturated heterocycles. The van der Waals surface area contributed by atoms with Crippen LogP contribution in [0, 0.1) is 0 Å². The number of thioether (sulfide) groups is 1. The molecule has 0 fully saturated rings. The Morgan fingerprint density at radius 1 is 1.39 bits per heavy atom. The quantitative estimate of drug-likeness (QED) is 0.649. The standard InChI is InChI=1S/C13H17ClN2OS/c1-8(2)18-7-11(16-15)13-6-9-5-10(14)3-4-12(9)17-13/h3-6,8,11,16H,7,15H2,1-2H3. The van der Waals surface area contributed by atoms with E-state index >= 15 is 0 Å². The lowest BCUT2D eigenvalue weighted by Gasteiger charge is -2.14. The summed E-state index contributed by atoms with van der Waals surface area (Å²) < 4.78 is 5.79. The number of nitrogens with one attached hydrogen (secondary N) is 1. The highest BCUT2D eigenvalue weighted by atomic mass is 35.5. The molecule has 98 valence electrons. The number of furan rings is 1. The molecule has 0 aliphatic heterocycles. The Hall–Kier alpha value is -0.680. The van der Waals surface area contributed by atoms with E-state index in [-0.39, 0.29) is 6.04 Å². The molecule has 0 spiro atoms. The van der Waals surface area contributed by atoms with Crippen LogP contribution in [0.15, 0.2) is 28.7 Å². The van der Waals surface area contributed by atoms with Crippen LogP contribution in [0.3, 0.4) is 0 Å². The summed E-state index contributed by atoms with van der Waals surface area (Å²) in [5, 5.41) is 2.29. The summed E-state index contributed by atoms with van der Waals surface area (Å²) >= 11 is 7.80. The van der Waals surface area contributed by atoms with Gasteiger partial charge < -0.3 is 4.42 Å². The molecule has 0 aliphatic rings. The smallest absolute Gasteiger partial charge is 0.134 e. The molecule has 0 saturated carbocycles. The summed E-state index contributed by atoms with van der Waals surface area (Å²) in [5.41, 5.74) is 3.64. The first kappa shape index (κ1) is 13.7. The minimum atomic E-state index is 0.0172. The highest BCUT2D eigenvalue weighted by molar-refractivity contribution is 7.99. The van der Waals surface area contributed by atoms with Crippen LogP contribution in [-0.2, 0) is 0 Å². The van der Waals surface area contributed by atoms with Crippen LogP contribution in [0.1, 0.15) is 25.6 Å². The summed E-state index contributed by atoms with van der Waals surface area (Å²) in [6, 6.07) is 7.61. The molecule has 3 nitrogen and oxygen atoms in total. The number of rotatable bonds is 5. The molecule has 0 radical (unpaired) electrons. The first-order valence-electron chi connectivity index (χ1n) is 5.87. The van der Waals surface area contributed by atoms with Gasteiger partial charge in [0.25, 0.3) is 0 Å². The van der Waals surface area contributed by atoms with E-state index in [1.165, 1.54) is 0 Å². The second-order valence-corrected chi connectivity index (χ2v) is 6.48. The number of hydrogen-bond donors (Lipinski definition) is 2. The van der Waals surface area contributed by atoms with E-state index in [9.17, 15) is 0 Å². The monoisotopic (exact) mass is 284 g/mol. The molecule has 1 atom stereocenters. The predicted octanol–water partition coefficient (Wildman–Crippen LogP) is 3.73. The van der Waals surface area contributed by atoms with Gasteiger partial charge in [-0.15, -0.1) is 0 Å². The van der Waals surface area contributed by atoms with Gasteiger partial charge in [-0.1, -0.05) is 25.4 Å². The lowest BCUT2D eigenvalue weighted by atomic mass is 10.2. The van der Waals surface area contributed by atoms with Gasteiger partial charge in [0.2, 0.25) is 0 Å². The van der Waals surface area contributed by atoms with Crippen molar-refractivity contribution in [1.82, 2.24) is 5.43 Å². The van der Waals surface area contributed by atoms with E-state index in [1.807, 2.05) is 36.0 Å². The van der Waals surface area contributed by atoms with Crippen molar-refractivity contribution in [2.24, 2.45) is 5.84 Å². The van der Waals surface area contributed by atoms with Crippen molar-refractivity contribution in [2.45, 2.75) is 25.1 Å². The summed E-state index contributed by atoms with van der Waals surface area (Å²) in [5.74, 6) is 7.32. The zero-order chi connectivity index (χ0) is 13.1. The van der Waals surface area contributed by atoms with Gasteiger partial charge in [0, 0.05) is 16.2 Å². The minimum absolute atomic E-state index is 0.0172. The van der Waals surface area contributed by atoms with Crippen molar-refractivity contribution in [3.8, 4) is 0 Å². The van der Waals surface area contributed by atoms with E-state index in [0.29, 0.717) is 10.3 Å². The van der Waals surface area contributed by atoms with Crippen molar-refractivity contribution >= 4 is 34.3 Å². The van der Waals surface area contributed by atoms with Gasteiger partial charge in [0.1, 0.15) is 11.3 Å². The Balaban J connectivity index is 2.22. The van der Waals surface area contributed by atoms with Crippen LogP contribution in [0.5, 0.6) is 0 Å². The van der Waals surface area contributed by atoms with Gasteiger partial charge in [-0.3, -0.25) is 5.84 Å². The summed E-state index contributed by atoms with van der Waals surface area (Å²) in [7, 11) is 0. The molecule has 0 amide bonds. The summed E-state index contributed by atoms with van der Waals surface area (Å²) in [6.45, 7) is 4.33. The van der Waals surface area contributed by atoms with Crippen LogP contribution in [0.4, 0.5) is 0 Å². The van der Waals surface area contributed by atoms with Crippen molar-refractivity contribution in [1.29, 1.82) is 0 Å². The molecule has 5 heteroatoms. The van der Waals surface area contributed by atoms with E-state index in [4.69, 9.17) is 21.9 Å². The number of fused-ring (bicyclic) bond motifs is 1. The van der Waals surface area contributed by atoms with Gasteiger partial charge in [-0.2, -0.15) is 11.8 Å². The number of hydrazine groups is 1. The zero-order valence-electron chi connectivity index (χ0n) is 10.4. The Morgan fingerprint density at radius 3 is 2.83 bits per heavy atom. The largest absolute Gasteiger partial charge is 0.459 e. The Kier molecular flexibility index (Phi) is 4.56. The number of halogens is 1. The first-order chi connectivity index (χ1) is 8.60. The fraction of sp³-hybridized carbons (Fsp3) is 0.385. The molecule has 0 bridgehead atoms. The fourth-order valence-electron chi connectivity index (χ4n) is 1.71. The Bertz CT molecular complexity index is 527. The minimum Gasteiger partial charge on any atom is -0.459 e. The SMILES string of the molecule is CC(C)SCC(NN)c1cc2cc(Cl)ccc2o1. The fourth-order valence-corrected chi connectivity index (χ4v) is 2.73. The summed E-state index contributed by atoms with van der Waals surface area (Å²) in [4.78, 5) is 0. The normalized spacial score (nSPS) is 13.4. The van der Waals surface area contributed by atoms with Gasteiger partial charge in [-0.05, 0) is 29.5 Å². The molecule has 18 heavy (non-hydrogen) atoms. The van der Waals surface area contributed by atoms with Gasteiger partial charge in [0.05, 0.1) is 6.04 Å². The van der Waals surface area contributed by atoms with E-state index in [0.717, 1.165) is 22.5 Å². The molecular formula is C13H17ClN2OS. The highest BCUT2D eigenvalue weighted by Crippen LogP contribution is 2.28. The zero-order valence-corrected chi connectivity index (χ0v) is 12.0. The third kappa shape index (κ3) is 3.20. The molecule has 1 aromatic heterocycles. The topological polar surface area (TPSA) is 51.2 Å². The molecule has 1 heterocycles. The van der Waals surface area contributed by atoms with Crippen molar-refractivity contribution in [3.63, 3.8) is 0 Å². The lowest BCUT2D eigenvalue weighted by Crippen LogP contribution is -2.29. The van der Waals surface area contributed by atoms with Crippen LogP contribution >= 0.6 is 23.4 Å². The molecular weight excluding hydrogens is 268 g/mol. The molecule has 2 rings (SSSR count). The number of benzene rings is 1. The van der Waals surface area contributed by atoms with E-state index in [1.54, 1.807) is 0 Å². The lowest BCUT2D eigenvalue weighted by molar-refractivity contribution is 0.463. The van der Waals surface area contributed by atoms with Gasteiger partial charge in [-0.25, -0.2) is 5.43 Å². The van der Waals surface area contributed by atoms with Crippen LogP contribution in [0.25, 0.3) is 11.0 Å². The molecule has 3 N–H and O–H groups in total. The van der Waals surface area contributed by atoms with Crippen LogP contribution < -0.4 is 11.3 Å². The van der Waals surface area contributed by atoms with Gasteiger partial charge >= 0.3 is 0 Å². The average molecular weight is 285 g/mol. The second kappa shape index (κ2) is 5.97. The van der Waals surface area contributed by atoms with Crippen LogP contribution in [-0.4, -0.2) is 11.0 Å². The maximum absolute atomic E-state index is 5.96. The van der Waals surface area contributed by atoms with Crippen molar-refractivity contribution in [2.75, 3.05) is 5.75 Å². The molecule has 1 aromatic carbocycles. The number of nitrogens with two attached hydrogens (primary N) is 1. The van der Waals surface area contributed by atoms with E-state index in [2.05, 4.69) is 19.3 Å². The van der Waals surface area contributed by atoms with Crippen molar-refractivity contribution in [3.05, 3.63) is 35.0 Å². The second-order valence-electron chi connectivity index (χ2n) is 4.43. The van der Waals surface area contributed by atoms with Crippen molar-refractivity contribution < 1.29 is 4.42 Å². The maximum atomic E-state index is 5.96. The maximum Gasteiger partial charge on any atom is 0.134 e. The van der Waals surface area contributed by atoms with E-state index < -0.39 is 0 Å².